The van der Waals surface area contributed by atoms with Crippen molar-refractivity contribution >= 4 is 10.0 Å². The molecule has 0 aliphatic heterocycles. The lowest BCUT2D eigenvalue weighted by atomic mass is 10.0. The van der Waals surface area contributed by atoms with Crippen LogP contribution in [0.4, 0.5) is 0 Å². The summed E-state index contributed by atoms with van der Waals surface area (Å²) in [5.41, 5.74) is 4.74. The number of sulfonamides is 1. The summed E-state index contributed by atoms with van der Waals surface area (Å²) < 4.78 is 31.3. The summed E-state index contributed by atoms with van der Waals surface area (Å²) in [5, 5.41) is 3.70. The minimum absolute atomic E-state index is 0.151. The van der Waals surface area contributed by atoms with Crippen LogP contribution in [0.5, 0.6) is 0 Å². The first-order valence-electron chi connectivity index (χ1n) is 6.81. The van der Waals surface area contributed by atoms with Gasteiger partial charge in [0.15, 0.2) is 0 Å². The monoisotopic (exact) mass is 308 g/mol. The van der Waals surface area contributed by atoms with Crippen LogP contribution >= 0.6 is 0 Å². The summed E-state index contributed by atoms with van der Waals surface area (Å²) in [6.45, 7) is 6.23. The molecule has 0 radical (unpaired) electrons. The zero-order valence-corrected chi connectivity index (χ0v) is 13.3. The van der Waals surface area contributed by atoms with E-state index >= 15 is 0 Å². The molecule has 0 saturated carbocycles. The van der Waals surface area contributed by atoms with Gasteiger partial charge in [-0.15, -0.1) is 0 Å². The SMILES string of the molecule is Cc1ccc(CCNS(=O)(=O)Cc2nocc2C)c(C)c1. The molecule has 1 heterocycles. The standard InChI is InChI=1S/C15H20N2O3S/c1-11-4-5-14(12(2)8-11)6-7-16-21(18,19)10-15-13(3)9-20-17-15/h4-5,8-9,16H,6-7,10H2,1-3H3. The molecular formula is C15H20N2O3S. The van der Waals surface area contributed by atoms with E-state index in [0.717, 1.165) is 11.1 Å². The van der Waals surface area contributed by atoms with Crippen molar-refractivity contribution in [3.05, 3.63) is 52.4 Å². The van der Waals surface area contributed by atoms with Gasteiger partial charge in [-0.3, -0.25) is 0 Å². The Bertz CT molecular complexity index is 720. The number of hydrogen-bond donors (Lipinski definition) is 1. The third-order valence-corrected chi connectivity index (χ3v) is 4.69. The molecule has 0 amide bonds. The van der Waals surface area contributed by atoms with E-state index in [1.54, 1.807) is 6.92 Å². The van der Waals surface area contributed by atoms with Gasteiger partial charge in [-0.05, 0) is 38.3 Å². The summed E-state index contributed by atoms with van der Waals surface area (Å²) in [5.74, 6) is -0.151. The molecule has 0 spiro atoms. The molecule has 5 nitrogen and oxygen atoms in total. The Hall–Kier alpha value is -1.66. The fraction of sp³-hybridized carbons (Fsp3) is 0.400. The molecular weight excluding hydrogens is 288 g/mol. The van der Waals surface area contributed by atoms with Crippen LogP contribution in [0.15, 0.2) is 29.0 Å². The van der Waals surface area contributed by atoms with Crippen LogP contribution in [0.2, 0.25) is 0 Å². The molecule has 0 saturated heterocycles. The summed E-state index contributed by atoms with van der Waals surface area (Å²) in [6, 6.07) is 6.18. The molecule has 0 aliphatic carbocycles. The van der Waals surface area contributed by atoms with E-state index in [9.17, 15) is 8.42 Å². The molecule has 0 atom stereocenters. The maximum Gasteiger partial charge on any atom is 0.217 e. The number of aromatic nitrogens is 1. The van der Waals surface area contributed by atoms with Crippen LogP contribution < -0.4 is 4.72 Å². The number of benzene rings is 1. The topological polar surface area (TPSA) is 72.2 Å². The van der Waals surface area contributed by atoms with Gasteiger partial charge in [0.05, 0.1) is 0 Å². The van der Waals surface area contributed by atoms with Crippen molar-refractivity contribution in [1.29, 1.82) is 0 Å². The van der Waals surface area contributed by atoms with Gasteiger partial charge in [0.2, 0.25) is 10.0 Å². The van der Waals surface area contributed by atoms with Gasteiger partial charge in [0, 0.05) is 12.1 Å². The average molecular weight is 308 g/mol. The maximum atomic E-state index is 12.0. The van der Waals surface area contributed by atoms with Crippen LogP contribution in [0, 0.1) is 20.8 Å². The van der Waals surface area contributed by atoms with E-state index in [4.69, 9.17) is 4.52 Å². The molecule has 0 unspecified atom stereocenters. The minimum Gasteiger partial charge on any atom is -0.364 e. The fourth-order valence-electron chi connectivity index (χ4n) is 2.15. The number of aryl methyl sites for hydroxylation is 3. The lowest BCUT2D eigenvalue weighted by molar-refractivity contribution is 0.413. The molecule has 21 heavy (non-hydrogen) atoms. The van der Waals surface area contributed by atoms with Crippen molar-refractivity contribution in [2.75, 3.05) is 6.54 Å². The highest BCUT2D eigenvalue weighted by atomic mass is 32.2. The second-order valence-electron chi connectivity index (χ2n) is 5.28. The van der Waals surface area contributed by atoms with Gasteiger partial charge >= 0.3 is 0 Å². The summed E-state index contributed by atoms with van der Waals surface area (Å²) in [7, 11) is -3.39. The molecule has 1 aromatic carbocycles. The maximum absolute atomic E-state index is 12.0. The Balaban J connectivity index is 1.91. The summed E-state index contributed by atoms with van der Waals surface area (Å²) in [6.07, 6.45) is 2.11. The molecule has 0 bridgehead atoms. The van der Waals surface area contributed by atoms with Crippen LogP contribution in [-0.2, 0) is 22.2 Å². The lowest BCUT2D eigenvalue weighted by Crippen LogP contribution is -2.27. The lowest BCUT2D eigenvalue weighted by Gasteiger charge is -2.08. The van der Waals surface area contributed by atoms with Crippen molar-refractivity contribution < 1.29 is 12.9 Å². The molecule has 2 rings (SSSR count). The molecule has 2 aromatic rings. The smallest absolute Gasteiger partial charge is 0.217 e. The summed E-state index contributed by atoms with van der Waals surface area (Å²) >= 11 is 0. The van der Waals surface area contributed by atoms with Crippen molar-refractivity contribution in [2.24, 2.45) is 0 Å². The minimum atomic E-state index is -3.39. The molecule has 114 valence electrons. The second-order valence-corrected chi connectivity index (χ2v) is 7.08. The van der Waals surface area contributed by atoms with E-state index in [2.05, 4.69) is 15.9 Å². The van der Waals surface area contributed by atoms with Crippen LogP contribution in [-0.4, -0.2) is 20.1 Å². The normalized spacial score (nSPS) is 11.8. The third kappa shape index (κ3) is 4.41. The van der Waals surface area contributed by atoms with Crippen molar-refractivity contribution in [3.63, 3.8) is 0 Å². The first-order valence-corrected chi connectivity index (χ1v) is 8.46. The van der Waals surface area contributed by atoms with Gasteiger partial charge in [0.1, 0.15) is 17.7 Å². The molecule has 1 N–H and O–H groups in total. The fourth-order valence-corrected chi connectivity index (χ4v) is 3.30. The largest absolute Gasteiger partial charge is 0.364 e. The highest BCUT2D eigenvalue weighted by molar-refractivity contribution is 7.88. The highest BCUT2D eigenvalue weighted by Crippen LogP contribution is 2.11. The van der Waals surface area contributed by atoms with E-state index in [0.29, 0.717) is 18.7 Å². The molecule has 0 aliphatic rings. The Morgan fingerprint density at radius 1 is 1.19 bits per heavy atom. The predicted molar refractivity (Wildman–Crippen MR) is 81.5 cm³/mol. The molecule has 0 fully saturated rings. The Labute approximate surface area is 125 Å². The zero-order valence-electron chi connectivity index (χ0n) is 12.5. The quantitative estimate of drug-likeness (QED) is 0.888. The van der Waals surface area contributed by atoms with E-state index in [1.165, 1.54) is 17.4 Å². The third-order valence-electron chi connectivity index (χ3n) is 3.39. The van der Waals surface area contributed by atoms with Crippen molar-refractivity contribution in [2.45, 2.75) is 32.9 Å². The van der Waals surface area contributed by atoms with Gasteiger partial charge in [-0.25, -0.2) is 13.1 Å². The van der Waals surface area contributed by atoms with Crippen LogP contribution in [0.1, 0.15) is 27.9 Å². The van der Waals surface area contributed by atoms with Crippen molar-refractivity contribution in [1.82, 2.24) is 9.88 Å². The highest BCUT2D eigenvalue weighted by Gasteiger charge is 2.15. The van der Waals surface area contributed by atoms with E-state index in [1.807, 2.05) is 26.0 Å². The van der Waals surface area contributed by atoms with Gasteiger partial charge < -0.3 is 4.52 Å². The number of rotatable bonds is 6. The molecule has 1 aromatic heterocycles. The Kier molecular flexibility index (Phi) is 4.80. The number of nitrogens with one attached hydrogen (secondary N) is 1. The first kappa shape index (κ1) is 15.7. The Morgan fingerprint density at radius 2 is 1.95 bits per heavy atom. The Morgan fingerprint density at radius 3 is 2.57 bits per heavy atom. The number of nitrogens with zero attached hydrogens (tertiary/aromatic N) is 1. The zero-order chi connectivity index (χ0) is 15.5. The van der Waals surface area contributed by atoms with E-state index < -0.39 is 10.0 Å². The first-order chi connectivity index (χ1) is 9.87. The van der Waals surface area contributed by atoms with Crippen LogP contribution in [0.25, 0.3) is 0 Å². The second kappa shape index (κ2) is 6.41. The van der Waals surface area contributed by atoms with Crippen LogP contribution in [0.3, 0.4) is 0 Å². The van der Waals surface area contributed by atoms with E-state index in [-0.39, 0.29) is 5.75 Å². The predicted octanol–water partition coefficient (Wildman–Crippen LogP) is 2.26. The average Bonchev–Trinajstić information content (AvgIpc) is 2.77. The number of hydrogen-bond acceptors (Lipinski definition) is 4. The molecule has 6 heteroatoms. The van der Waals surface area contributed by atoms with Gasteiger partial charge in [-0.2, -0.15) is 0 Å². The van der Waals surface area contributed by atoms with Gasteiger partial charge in [0.25, 0.3) is 0 Å². The summed E-state index contributed by atoms with van der Waals surface area (Å²) in [4.78, 5) is 0. The van der Waals surface area contributed by atoms with Gasteiger partial charge in [-0.1, -0.05) is 28.9 Å². The van der Waals surface area contributed by atoms with Crippen molar-refractivity contribution in [3.8, 4) is 0 Å².